The Balaban J connectivity index is 1.17. The molecule has 0 aliphatic carbocycles. The molecule has 4 nitrogen and oxygen atoms in total. The monoisotopic (exact) mass is 1030 g/mol. The third-order valence-electron chi connectivity index (χ3n) is 15.9. The first kappa shape index (κ1) is 45.9. The minimum atomic E-state index is -0.368. The Bertz CT molecular complexity index is 4500. The van der Waals surface area contributed by atoms with Crippen LogP contribution in [0.2, 0.25) is 0 Å². The summed E-state index contributed by atoms with van der Waals surface area (Å²) in [5.41, 5.74) is 15.2. The largest absolute Gasteiger partial charge is 0.310 e. The number of halogens is 2. The lowest BCUT2D eigenvalue weighted by molar-refractivity contribution is 0.591. The molecule has 13 aromatic rings. The third kappa shape index (κ3) is 6.86. The van der Waals surface area contributed by atoms with Gasteiger partial charge in [0, 0.05) is 63.9 Å². The topological polar surface area (TPSA) is 14.7 Å². The number of hydrogen-bond acceptors (Lipinski definition) is 5. The highest BCUT2D eigenvalue weighted by atomic mass is 32.1. The van der Waals surface area contributed by atoms with Crippen LogP contribution in [0.4, 0.5) is 60.0 Å². The van der Waals surface area contributed by atoms with Crippen molar-refractivity contribution in [3.8, 4) is 5.69 Å². The molecule has 9 heteroatoms. The maximum Gasteiger partial charge on any atom is 0.264 e. The van der Waals surface area contributed by atoms with Crippen molar-refractivity contribution in [1.29, 1.82) is 0 Å². The number of nitrogens with zero attached hydrogens (tertiary/aromatic N) is 4. The van der Waals surface area contributed by atoms with Crippen molar-refractivity contribution in [2.75, 3.05) is 14.7 Å². The standard InChI is InChI=1S/C68H49BF2N4S2/c1-40-28-31-55(51(70)34-40)74-58-37-45(72(43-18-8-6-9-19-43)44-20-10-7-11-21-44)38-59-63(58)69(67-64(74)49-36-42(68(3,4)5)30-33-61(49)77-67)50-39-57(73-53-25-15-12-22-46(53)47-23-13-16-26-54(47)73)62-48-24-14-17-27-60(48)76-66(62)65(50)75(59)56-32-29-41(2)35-52(56)71/h6-39H,1-5H3. The summed E-state index contributed by atoms with van der Waals surface area (Å²) in [6, 6.07) is 71.9. The number of hydrogen-bond donors (Lipinski definition) is 0. The Kier molecular flexibility index (Phi) is 10.1. The lowest BCUT2D eigenvalue weighted by atomic mass is 9.36. The minimum Gasteiger partial charge on any atom is -0.310 e. The van der Waals surface area contributed by atoms with E-state index < -0.39 is 0 Å². The predicted octanol–water partition coefficient (Wildman–Crippen LogP) is 18.1. The molecule has 0 bridgehead atoms. The van der Waals surface area contributed by atoms with Crippen LogP contribution in [0.25, 0.3) is 57.8 Å². The molecule has 0 N–H and O–H groups in total. The van der Waals surface area contributed by atoms with Gasteiger partial charge in [0.1, 0.15) is 11.6 Å². The van der Waals surface area contributed by atoms with Crippen LogP contribution in [0.5, 0.6) is 0 Å². The molecule has 370 valence electrons. The molecular weight excluding hydrogens is 986 g/mol. The molecule has 2 aliphatic heterocycles. The van der Waals surface area contributed by atoms with E-state index >= 15 is 8.78 Å². The van der Waals surface area contributed by atoms with E-state index in [1.54, 1.807) is 34.8 Å². The number of benzene rings is 10. The first-order valence-electron chi connectivity index (χ1n) is 26.2. The number of anilines is 9. The second kappa shape index (κ2) is 17.0. The van der Waals surface area contributed by atoms with Gasteiger partial charge in [-0.2, -0.15) is 0 Å². The van der Waals surface area contributed by atoms with Gasteiger partial charge in [-0.25, -0.2) is 8.78 Å². The van der Waals surface area contributed by atoms with Gasteiger partial charge in [0.25, 0.3) is 6.71 Å². The fourth-order valence-electron chi connectivity index (χ4n) is 12.5. The van der Waals surface area contributed by atoms with Crippen molar-refractivity contribution in [3.05, 3.63) is 235 Å². The fourth-order valence-corrected chi connectivity index (χ4v) is 15.0. The van der Waals surface area contributed by atoms with Crippen molar-refractivity contribution in [3.63, 3.8) is 0 Å². The van der Waals surface area contributed by atoms with E-state index in [0.717, 1.165) is 114 Å². The lowest BCUT2D eigenvalue weighted by Crippen LogP contribution is -2.60. The van der Waals surface area contributed by atoms with E-state index in [9.17, 15) is 0 Å². The van der Waals surface area contributed by atoms with Gasteiger partial charge in [0.15, 0.2) is 0 Å². The van der Waals surface area contributed by atoms with Crippen LogP contribution < -0.4 is 30.4 Å². The molecule has 10 aromatic carbocycles. The molecule has 15 rings (SSSR count). The Morgan fingerprint density at radius 3 is 1.57 bits per heavy atom. The average Bonchev–Trinajstić information content (AvgIpc) is 4.28. The molecule has 2 aliphatic rings. The van der Waals surface area contributed by atoms with Gasteiger partial charge in [0.05, 0.1) is 49.9 Å². The molecule has 0 fully saturated rings. The molecule has 0 atom stereocenters. The van der Waals surface area contributed by atoms with Crippen molar-refractivity contribution in [2.45, 2.75) is 40.0 Å². The van der Waals surface area contributed by atoms with Gasteiger partial charge >= 0.3 is 0 Å². The van der Waals surface area contributed by atoms with Gasteiger partial charge in [-0.05, 0) is 144 Å². The second-order valence-electron chi connectivity index (χ2n) is 21.7. The molecule has 0 amide bonds. The van der Waals surface area contributed by atoms with Crippen molar-refractivity contribution in [1.82, 2.24) is 4.57 Å². The summed E-state index contributed by atoms with van der Waals surface area (Å²) in [6.45, 7) is 10.3. The number of aromatic nitrogens is 1. The van der Waals surface area contributed by atoms with Crippen LogP contribution in [0, 0.1) is 25.5 Å². The van der Waals surface area contributed by atoms with E-state index in [0.29, 0.717) is 11.4 Å². The van der Waals surface area contributed by atoms with E-state index in [1.165, 1.54) is 16.3 Å². The number of rotatable bonds is 6. The van der Waals surface area contributed by atoms with Gasteiger partial charge in [-0.3, -0.25) is 0 Å². The van der Waals surface area contributed by atoms with Gasteiger partial charge in [0.2, 0.25) is 0 Å². The third-order valence-corrected chi connectivity index (χ3v) is 18.3. The van der Waals surface area contributed by atoms with Crippen LogP contribution in [0.1, 0.15) is 37.5 Å². The number of thiophene rings is 2. The zero-order valence-electron chi connectivity index (χ0n) is 43.1. The molecule has 5 heterocycles. The van der Waals surface area contributed by atoms with Gasteiger partial charge in [-0.1, -0.05) is 130 Å². The van der Waals surface area contributed by atoms with Crippen LogP contribution in [0.3, 0.4) is 0 Å². The Morgan fingerprint density at radius 2 is 0.987 bits per heavy atom. The maximum atomic E-state index is 17.8. The molecule has 0 unspecified atom stereocenters. The zero-order chi connectivity index (χ0) is 52.0. The molecule has 77 heavy (non-hydrogen) atoms. The number of aryl methyl sites for hydroxylation is 2. The Morgan fingerprint density at radius 1 is 0.455 bits per heavy atom. The van der Waals surface area contributed by atoms with E-state index in [4.69, 9.17) is 0 Å². The molecule has 0 saturated heterocycles. The summed E-state index contributed by atoms with van der Waals surface area (Å²) in [4.78, 5) is 6.68. The SMILES string of the molecule is Cc1ccc(N2c3cc(N(c4ccccc4)c4ccccc4)cc4c3B(c3cc(-n5c6ccccc6c6ccccc65)c5c(sc6ccccc65)c3N4c3ccc(C)cc3F)c3sc4ccc(C(C)(C)C)cc4c32)c(F)c1. The van der Waals surface area contributed by atoms with Gasteiger partial charge in [-0.15, -0.1) is 22.7 Å². The second-order valence-corrected chi connectivity index (χ2v) is 23.8. The summed E-state index contributed by atoms with van der Waals surface area (Å²) in [7, 11) is 0. The normalized spacial score (nSPS) is 13.1. The molecular formula is C68H49BF2N4S2. The van der Waals surface area contributed by atoms with E-state index in [-0.39, 0.29) is 23.8 Å². The van der Waals surface area contributed by atoms with Crippen molar-refractivity contribution in [2.24, 2.45) is 0 Å². The van der Waals surface area contributed by atoms with Crippen LogP contribution in [0.15, 0.2) is 206 Å². The average molecular weight is 1040 g/mol. The summed E-state index contributed by atoms with van der Waals surface area (Å²) >= 11 is 3.55. The highest BCUT2D eigenvalue weighted by Gasteiger charge is 2.48. The van der Waals surface area contributed by atoms with Crippen molar-refractivity contribution < 1.29 is 8.78 Å². The highest BCUT2D eigenvalue weighted by Crippen LogP contribution is 2.55. The van der Waals surface area contributed by atoms with Crippen LogP contribution in [-0.4, -0.2) is 11.3 Å². The minimum absolute atomic E-state index is 0.165. The maximum absolute atomic E-state index is 17.8. The first-order chi connectivity index (χ1) is 37.5. The van der Waals surface area contributed by atoms with Gasteiger partial charge < -0.3 is 19.3 Å². The predicted molar refractivity (Wildman–Crippen MR) is 326 cm³/mol. The molecule has 0 saturated carbocycles. The number of para-hydroxylation sites is 4. The lowest BCUT2D eigenvalue weighted by Gasteiger charge is -2.44. The zero-order valence-corrected chi connectivity index (χ0v) is 44.7. The first-order valence-corrected chi connectivity index (χ1v) is 27.9. The Labute approximate surface area is 454 Å². The quantitative estimate of drug-likeness (QED) is 0.154. The van der Waals surface area contributed by atoms with Crippen molar-refractivity contribution >= 4 is 148 Å². The smallest absolute Gasteiger partial charge is 0.264 e. The number of fused-ring (bicyclic) bond motifs is 13. The van der Waals surface area contributed by atoms with E-state index in [2.05, 4.69) is 198 Å². The van der Waals surface area contributed by atoms with Crippen LogP contribution >= 0.6 is 22.7 Å². The van der Waals surface area contributed by atoms with E-state index in [1.807, 2.05) is 50.2 Å². The molecule has 3 aromatic heterocycles. The summed E-state index contributed by atoms with van der Waals surface area (Å²) in [5.74, 6) is -0.645. The highest BCUT2D eigenvalue weighted by molar-refractivity contribution is 7.34. The summed E-state index contributed by atoms with van der Waals surface area (Å²) in [6.07, 6.45) is 0. The fraction of sp³-hybridized carbons (Fsp3) is 0.0882. The van der Waals surface area contributed by atoms with Crippen LogP contribution in [-0.2, 0) is 5.41 Å². The summed E-state index contributed by atoms with van der Waals surface area (Å²) < 4.78 is 42.3. The molecule has 0 radical (unpaired) electrons. The Hall–Kier alpha value is -8.50. The summed E-state index contributed by atoms with van der Waals surface area (Å²) in [5, 5.41) is 5.66. The molecule has 0 spiro atoms.